The molecule has 0 unspecified atom stereocenters. The molecule has 28 heavy (non-hydrogen) atoms. The first-order chi connectivity index (χ1) is 13.6. The van der Waals surface area contributed by atoms with Gasteiger partial charge in [0.15, 0.2) is 0 Å². The Bertz CT molecular complexity index is 1110. The van der Waals surface area contributed by atoms with Crippen LogP contribution in [0.1, 0.15) is 15.9 Å². The number of benzene rings is 1. The van der Waals surface area contributed by atoms with E-state index in [2.05, 4.69) is 32.7 Å². The minimum absolute atomic E-state index is 0.271. The average Bonchev–Trinajstić information content (AvgIpc) is 2.73. The van der Waals surface area contributed by atoms with Crippen molar-refractivity contribution in [3.8, 4) is 5.88 Å². The molecule has 1 aliphatic rings. The van der Waals surface area contributed by atoms with Gasteiger partial charge in [-0.1, -0.05) is 12.1 Å². The van der Waals surface area contributed by atoms with E-state index in [9.17, 15) is 4.79 Å². The normalized spacial score (nSPS) is 13.1. The lowest BCUT2D eigenvalue weighted by molar-refractivity contribution is 0.102. The van der Waals surface area contributed by atoms with Gasteiger partial charge >= 0.3 is 0 Å². The molecule has 0 fully saturated rings. The van der Waals surface area contributed by atoms with Crippen molar-refractivity contribution in [1.29, 1.82) is 0 Å². The molecule has 2 aromatic heterocycles. The first-order valence-electron chi connectivity index (χ1n) is 8.71. The molecule has 1 aromatic carbocycles. The van der Waals surface area contributed by atoms with Crippen molar-refractivity contribution in [2.45, 2.75) is 0 Å². The number of anilines is 1. The molecule has 140 valence electrons. The van der Waals surface area contributed by atoms with Gasteiger partial charge in [0.1, 0.15) is 5.82 Å². The van der Waals surface area contributed by atoms with E-state index in [1.54, 1.807) is 18.3 Å². The average molecular weight is 373 g/mol. The summed E-state index contributed by atoms with van der Waals surface area (Å²) < 4.78 is 5.07. The van der Waals surface area contributed by atoms with E-state index in [-0.39, 0.29) is 5.91 Å². The molecule has 0 atom stereocenters. The second-order valence-electron chi connectivity index (χ2n) is 6.30. The van der Waals surface area contributed by atoms with Crippen LogP contribution in [0.3, 0.4) is 0 Å². The summed E-state index contributed by atoms with van der Waals surface area (Å²) in [6.45, 7) is 0. The summed E-state index contributed by atoms with van der Waals surface area (Å²) in [6, 6.07) is 11.2. The number of fused-ring (bicyclic) bond motifs is 1. The van der Waals surface area contributed by atoms with E-state index < -0.39 is 0 Å². The van der Waals surface area contributed by atoms with Gasteiger partial charge in [0.25, 0.3) is 5.91 Å². The molecular weight excluding hydrogens is 354 g/mol. The fourth-order valence-electron chi connectivity index (χ4n) is 2.97. The van der Waals surface area contributed by atoms with Gasteiger partial charge in [-0.25, -0.2) is 9.97 Å². The van der Waals surface area contributed by atoms with Gasteiger partial charge in [0.2, 0.25) is 5.88 Å². The predicted molar refractivity (Wildman–Crippen MR) is 109 cm³/mol. The van der Waals surface area contributed by atoms with Crippen LogP contribution in [0.25, 0.3) is 16.5 Å². The molecule has 1 amide bonds. The van der Waals surface area contributed by atoms with Gasteiger partial charge in [0, 0.05) is 60.6 Å². The molecule has 3 aromatic rings. The van der Waals surface area contributed by atoms with Crippen molar-refractivity contribution >= 4 is 28.2 Å². The first kappa shape index (κ1) is 17.5. The maximum Gasteiger partial charge on any atom is 0.257 e. The maximum atomic E-state index is 12.5. The van der Waals surface area contributed by atoms with Crippen molar-refractivity contribution in [1.82, 2.24) is 20.2 Å². The third-order valence-corrected chi connectivity index (χ3v) is 4.46. The Balaban J connectivity index is 1.61. The van der Waals surface area contributed by atoms with Crippen molar-refractivity contribution < 1.29 is 9.53 Å². The summed E-state index contributed by atoms with van der Waals surface area (Å²) in [5.41, 5.74) is 2.57. The summed E-state index contributed by atoms with van der Waals surface area (Å²) >= 11 is 0. The van der Waals surface area contributed by atoms with Crippen LogP contribution >= 0.6 is 0 Å². The second kappa shape index (κ2) is 7.40. The number of aromatic nitrogens is 2. The number of hydrogen-bond acceptors (Lipinski definition) is 6. The molecule has 0 spiro atoms. The molecule has 0 radical (unpaired) electrons. The SMILES string of the molecule is COc1cc(C(=O)Nc2cc3cc(C4=CNC=CN4C)ccc3cn2)ccn1. The van der Waals surface area contributed by atoms with Crippen molar-refractivity contribution in [2.24, 2.45) is 0 Å². The predicted octanol–water partition coefficient (Wildman–Crippen LogP) is 3.20. The fraction of sp³-hybridized carbons (Fsp3) is 0.0952. The van der Waals surface area contributed by atoms with E-state index in [0.717, 1.165) is 22.0 Å². The summed E-state index contributed by atoms with van der Waals surface area (Å²) in [7, 11) is 3.51. The quantitative estimate of drug-likeness (QED) is 0.731. The number of ether oxygens (including phenoxy) is 1. The zero-order valence-electron chi connectivity index (χ0n) is 15.5. The van der Waals surface area contributed by atoms with Crippen LogP contribution in [-0.4, -0.2) is 34.9 Å². The Morgan fingerprint density at radius 1 is 1.14 bits per heavy atom. The van der Waals surface area contributed by atoms with Crippen LogP contribution < -0.4 is 15.4 Å². The van der Waals surface area contributed by atoms with Gasteiger partial charge in [-0.15, -0.1) is 0 Å². The topological polar surface area (TPSA) is 79.4 Å². The monoisotopic (exact) mass is 373 g/mol. The Hall–Kier alpha value is -3.87. The van der Waals surface area contributed by atoms with E-state index >= 15 is 0 Å². The number of methoxy groups -OCH3 is 1. The van der Waals surface area contributed by atoms with Crippen LogP contribution in [0.5, 0.6) is 5.88 Å². The standard InChI is InChI=1S/C21H19N5O2/c1-26-8-7-22-13-18(26)14-3-4-16-12-24-19(10-17(16)9-14)25-21(27)15-5-6-23-20(11-15)28-2/h3-13,22H,1-2H3,(H,24,25,27). The first-order valence-corrected chi connectivity index (χ1v) is 8.71. The molecule has 7 nitrogen and oxygen atoms in total. The number of rotatable bonds is 4. The van der Waals surface area contributed by atoms with E-state index in [4.69, 9.17) is 4.74 Å². The Labute approximate surface area is 162 Å². The zero-order chi connectivity index (χ0) is 19.5. The second-order valence-corrected chi connectivity index (χ2v) is 6.30. The van der Waals surface area contributed by atoms with E-state index in [1.165, 1.54) is 13.3 Å². The minimum atomic E-state index is -0.271. The third-order valence-electron chi connectivity index (χ3n) is 4.46. The highest BCUT2D eigenvalue weighted by molar-refractivity contribution is 6.04. The highest BCUT2D eigenvalue weighted by Crippen LogP contribution is 2.25. The highest BCUT2D eigenvalue weighted by Gasteiger charge is 2.11. The molecule has 7 heteroatoms. The largest absolute Gasteiger partial charge is 0.481 e. The molecule has 4 rings (SSSR count). The number of amides is 1. The molecule has 0 bridgehead atoms. The van der Waals surface area contributed by atoms with E-state index in [1.807, 2.05) is 42.7 Å². The van der Waals surface area contributed by atoms with Crippen LogP contribution in [0.4, 0.5) is 5.82 Å². The summed E-state index contributed by atoms with van der Waals surface area (Å²) in [4.78, 5) is 22.9. The maximum absolute atomic E-state index is 12.5. The molecule has 0 saturated carbocycles. The zero-order valence-corrected chi connectivity index (χ0v) is 15.5. The smallest absolute Gasteiger partial charge is 0.257 e. The van der Waals surface area contributed by atoms with Crippen LogP contribution in [0.15, 0.2) is 67.4 Å². The molecule has 3 heterocycles. The van der Waals surface area contributed by atoms with Crippen LogP contribution in [-0.2, 0) is 0 Å². The van der Waals surface area contributed by atoms with Gasteiger partial charge in [-0.3, -0.25) is 4.79 Å². The van der Waals surface area contributed by atoms with Crippen LogP contribution in [0, 0.1) is 0 Å². The number of nitrogens with zero attached hydrogens (tertiary/aromatic N) is 3. The number of nitrogens with one attached hydrogen (secondary N) is 2. The minimum Gasteiger partial charge on any atom is -0.481 e. The number of carbonyl (C=O) groups excluding carboxylic acids is 1. The van der Waals surface area contributed by atoms with Crippen molar-refractivity contribution in [2.75, 3.05) is 19.5 Å². The Morgan fingerprint density at radius 2 is 2.04 bits per heavy atom. The van der Waals surface area contributed by atoms with Crippen molar-refractivity contribution in [3.05, 3.63) is 78.5 Å². The molecular formula is C21H19N5O2. The van der Waals surface area contributed by atoms with Crippen molar-refractivity contribution in [3.63, 3.8) is 0 Å². The summed E-state index contributed by atoms with van der Waals surface area (Å²) in [6.07, 6.45) is 9.06. The lowest BCUT2D eigenvalue weighted by atomic mass is 10.1. The molecule has 0 aliphatic carbocycles. The van der Waals surface area contributed by atoms with Gasteiger partial charge in [0.05, 0.1) is 12.8 Å². The summed E-state index contributed by atoms with van der Waals surface area (Å²) in [5.74, 6) is 0.596. The van der Waals surface area contributed by atoms with E-state index in [0.29, 0.717) is 17.3 Å². The number of hydrogen-bond donors (Lipinski definition) is 2. The highest BCUT2D eigenvalue weighted by atomic mass is 16.5. The number of carbonyl (C=O) groups is 1. The number of pyridine rings is 2. The third kappa shape index (κ3) is 3.50. The van der Waals surface area contributed by atoms with Gasteiger partial charge in [-0.2, -0.15) is 0 Å². The Morgan fingerprint density at radius 3 is 2.86 bits per heavy atom. The summed E-state index contributed by atoms with van der Waals surface area (Å²) in [5, 5.41) is 7.92. The van der Waals surface area contributed by atoms with Crippen LogP contribution in [0.2, 0.25) is 0 Å². The molecule has 2 N–H and O–H groups in total. The van der Waals surface area contributed by atoms with Gasteiger partial charge in [-0.05, 0) is 23.6 Å². The molecule has 0 saturated heterocycles. The molecule has 1 aliphatic heterocycles. The lowest BCUT2D eigenvalue weighted by Crippen LogP contribution is -2.16. The lowest BCUT2D eigenvalue weighted by Gasteiger charge is -2.22. The fourth-order valence-corrected chi connectivity index (χ4v) is 2.97. The van der Waals surface area contributed by atoms with Gasteiger partial charge < -0.3 is 20.3 Å². The Kier molecular flexibility index (Phi) is 4.63.